The van der Waals surface area contributed by atoms with Gasteiger partial charge in [-0.15, -0.1) is 12.4 Å². The van der Waals surface area contributed by atoms with Gasteiger partial charge in [-0.25, -0.2) is 0 Å². The van der Waals surface area contributed by atoms with Gasteiger partial charge in [0.25, 0.3) is 0 Å². The van der Waals surface area contributed by atoms with E-state index in [4.69, 9.17) is 5.73 Å². The molecule has 0 spiro atoms. The van der Waals surface area contributed by atoms with E-state index in [2.05, 4.69) is 6.92 Å². The van der Waals surface area contributed by atoms with Crippen LogP contribution < -0.4 is 5.73 Å². The van der Waals surface area contributed by atoms with Crippen LogP contribution in [0.3, 0.4) is 0 Å². The second-order valence-corrected chi connectivity index (χ2v) is 8.77. The number of hydrogen-bond acceptors (Lipinski definition) is 3. The van der Waals surface area contributed by atoms with Crippen molar-refractivity contribution in [3.63, 3.8) is 0 Å². The van der Waals surface area contributed by atoms with Crippen molar-refractivity contribution in [1.82, 2.24) is 9.80 Å². The average Bonchev–Trinajstić information content (AvgIpc) is 3.24. The minimum atomic E-state index is -0.119. The largest absolute Gasteiger partial charge is 0.342 e. The fourth-order valence-electron chi connectivity index (χ4n) is 5.55. The highest BCUT2D eigenvalue weighted by Gasteiger charge is 2.46. The summed E-state index contributed by atoms with van der Waals surface area (Å²) in [5.41, 5.74) is 6.19. The first-order valence-corrected chi connectivity index (χ1v) is 9.86. The second kappa shape index (κ2) is 7.43. The summed E-state index contributed by atoms with van der Waals surface area (Å²) in [7, 11) is 0. The number of nitrogens with two attached hydrogens (primary N) is 1. The van der Waals surface area contributed by atoms with Crippen molar-refractivity contribution >= 4 is 24.2 Å². The van der Waals surface area contributed by atoms with Crippen molar-refractivity contribution in [3.05, 3.63) is 0 Å². The molecule has 0 aromatic rings. The molecule has 0 radical (unpaired) electrons. The van der Waals surface area contributed by atoms with Crippen LogP contribution in [0.25, 0.3) is 0 Å². The molecule has 6 heteroatoms. The Morgan fingerprint density at radius 3 is 2.44 bits per heavy atom. The van der Waals surface area contributed by atoms with Gasteiger partial charge < -0.3 is 15.5 Å². The van der Waals surface area contributed by atoms with E-state index >= 15 is 0 Å². The number of fused-ring (bicyclic) bond motifs is 1. The van der Waals surface area contributed by atoms with E-state index in [0.29, 0.717) is 30.8 Å². The smallest absolute Gasteiger partial charge is 0.228 e. The molecule has 2 N–H and O–H groups in total. The van der Waals surface area contributed by atoms with Gasteiger partial charge in [-0.1, -0.05) is 6.92 Å². The lowest BCUT2D eigenvalue weighted by molar-refractivity contribution is -0.135. The highest BCUT2D eigenvalue weighted by Crippen LogP contribution is 2.38. The molecule has 2 amide bonds. The van der Waals surface area contributed by atoms with Crippen molar-refractivity contribution in [1.29, 1.82) is 0 Å². The lowest BCUT2D eigenvalue weighted by Gasteiger charge is -2.33. The number of nitrogens with zero attached hydrogens (tertiary/aromatic N) is 2. The molecular weight excluding hydrogens is 338 g/mol. The fraction of sp³-hybridized carbons (Fsp3) is 0.895. The molecule has 4 rings (SSSR count). The van der Waals surface area contributed by atoms with Crippen molar-refractivity contribution in [3.8, 4) is 0 Å². The third-order valence-corrected chi connectivity index (χ3v) is 7.16. The van der Waals surface area contributed by atoms with Crippen LogP contribution in [0.5, 0.6) is 0 Å². The molecule has 2 saturated carbocycles. The summed E-state index contributed by atoms with van der Waals surface area (Å²) in [6, 6.07) is 0.636. The zero-order valence-electron chi connectivity index (χ0n) is 15.2. The van der Waals surface area contributed by atoms with Gasteiger partial charge >= 0.3 is 0 Å². The molecule has 4 fully saturated rings. The second-order valence-electron chi connectivity index (χ2n) is 8.77. The Bertz CT molecular complexity index is 521. The summed E-state index contributed by atoms with van der Waals surface area (Å²) in [6.45, 7) is 4.62. The highest BCUT2D eigenvalue weighted by atomic mass is 35.5. The molecule has 2 aliphatic carbocycles. The Kier molecular flexibility index (Phi) is 5.64. The molecule has 2 aliphatic heterocycles. The zero-order valence-corrected chi connectivity index (χ0v) is 16.0. The maximum absolute atomic E-state index is 12.9. The average molecular weight is 370 g/mol. The predicted molar refractivity (Wildman–Crippen MR) is 99.3 cm³/mol. The molecule has 4 atom stereocenters. The molecule has 2 saturated heterocycles. The molecule has 0 aromatic heterocycles. The summed E-state index contributed by atoms with van der Waals surface area (Å²) < 4.78 is 0. The standard InChI is InChI=1S/C19H31N3O2.ClH/c1-12-2-5-15(6-3-12)22-10-14(8-18(22)23)19(24)21-9-13-4-7-17(20)16(13)11-21;/h12-17H,2-11,20H2,1H3;1H. The Balaban J connectivity index is 0.00000182. The minimum Gasteiger partial charge on any atom is -0.342 e. The number of halogens is 1. The first kappa shape index (κ1) is 19.0. The molecule has 2 heterocycles. The molecular formula is C19H32ClN3O2. The third kappa shape index (κ3) is 3.55. The Morgan fingerprint density at radius 1 is 1.04 bits per heavy atom. The van der Waals surface area contributed by atoms with Crippen LogP contribution >= 0.6 is 12.4 Å². The molecule has 4 unspecified atom stereocenters. The summed E-state index contributed by atoms with van der Waals surface area (Å²) in [5.74, 6) is 2.15. The van der Waals surface area contributed by atoms with E-state index in [1.54, 1.807) is 0 Å². The summed E-state index contributed by atoms with van der Waals surface area (Å²) in [4.78, 5) is 29.4. The minimum absolute atomic E-state index is 0. The number of hydrogen-bond donors (Lipinski definition) is 1. The SMILES string of the molecule is CC1CCC(N2CC(C(=O)N3CC4CCC(N)C4C3)CC2=O)CC1.Cl. The quantitative estimate of drug-likeness (QED) is 0.809. The van der Waals surface area contributed by atoms with Crippen LogP contribution in [0.2, 0.25) is 0 Å². The Hall–Kier alpha value is -0.810. The number of carbonyl (C=O) groups excluding carboxylic acids is 2. The molecule has 5 nitrogen and oxygen atoms in total. The zero-order chi connectivity index (χ0) is 16.8. The normalized spacial score (nSPS) is 41.0. The van der Waals surface area contributed by atoms with E-state index in [1.807, 2.05) is 9.80 Å². The number of carbonyl (C=O) groups is 2. The van der Waals surface area contributed by atoms with Gasteiger partial charge in [0.1, 0.15) is 0 Å². The van der Waals surface area contributed by atoms with Gasteiger partial charge in [0, 0.05) is 38.1 Å². The lowest BCUT2D eigenvalue weighted by atomic mass is 9.86. The first-order chi connectivity index (χ1) is 11.5. The monoisotopic (exact) mass is 369 g/mol. The Morgan fingerprint density at radius 2 is 1.76 bits per heavy atom. The number of likely N-dealkylation sites (tertiary alicyclic amines) is 2. The molecule has 142 valence electrons. The van der Waals surface area contributed by atoms with Gasteiger partial charge in [0.05, 0.1) is 5.92 Å². The molecule has 25 heavy (non-hydrogen) atoms. The predicted octanol–water partition coefficient (Wildman–Crippen LogP) is 2.03. The highest BCUT2D eigenvalue weighted by molar-refractivity contribution is 5.89. The van der Waals surface area contributed by atoms with E-state index in [1.165, 1.54) is 12.8 Å². The summed E-state index contributed by atoms with van der Waals surface area (Å²) in [6.07, 6.45) is 7.31. The van der Waals surface area contributed by atoms with Gasteiger partial charge in [0.15, 0.2) is 0 Å². The molecule has 0 aromatic carbocycles. The van der Waals surface area contributed by atoms with Gasteiger partial charge in [-0.05, 0) is 56.3 Å². The fourth-order valence-corrected chi connectivity index (χ4v) is 5.55. The van der Waals surface area contributed by atoms with Crippen molar-refractivity contribution in [2.45, 2.75) is 64.0 Å². The maximum Gasteiger partial charge on any atom is 0.228 e. The van der Waals surface area contributed by atoms with Gasteiger partial charge in [0.2, 0.25) is 11.8 Å². The number of amides is 2. The van der Waals surface area contributed by atoms with Gasteiger partial charge in [-0.3, -0.25) is 9.59 Å². The van der Waals surface area contributed by atoms with Crippen LogP contribution in [-0.2, 0) is 9.59 Å². The van der Waals surface area contributed by atoms with Crippen LogP contribution in [-0.4, -0.2) is 53.3 Å². The molecule has 4 aliphatic rings. The maximum atomic E-state index is 12.9. The van der Waals surface area contributed by atoms with Crippen LogP contribution in [0.1, 0.15) is 51.9 Å². The summed E-state index contributed by atoms with van der Waals surface area (Å²) >= 11 is 0. The molecule has 0 bridgehead atoms. The van der Waals surface area contributed by atoms with Gasteiger partial charge in [-0.2, -0.15) is 0 Å². The third-order valence-electron chi connectivity index (χ3n) is 7.16. The van der Waals surface area contributed by atoms with E-state index in [0.717, 1.165) is 44.7 Å². The van der Waals surface area contributed by atoms with Crippen LogP contribution in [0, 0.1) is 23.7 Å². The van der Waals surface area contributed by atoms with Crippen molar-refractivity contribution in [2.24, 2.45) is 29.4 Å². The van der Waals surface area contributed by atoms with E-state index < -0.39 is 0 Å². The Labute approximate surface area is 157 Å². The van der Waals surface area contributed by atoms with Crippen LogP contribution in [0.15, 0.2) is 0 Å². The van der Waals surface area contributed by atoms with E-state index in [9.17, 15) is 9.59 Å². The summed E-state index contributed by atoms with van der Waals surface area (Å²) in [5, 5.41) is 0. The topological polar surface area (TPSA) is 66.6 Å². The van der Waals surface area contributed by atoms with Crippen LogP contribution in [0.4, 0.5) is 0 Å². The van der Waals surface area contributed by atoms with E-state index in [-0.39, 0.29) is 36.2 Å². The first-order valence-electron chi connectivity index (χ1n) is 9.86. The lowest BCUT2D eigenvalue weighted by Crippen LogP contribution is -2.41. The van der Waals surface area contributed by atoms with Crippen molar-refractivity contribution in [2.75, 3.05) is 19.6 Å². The number of rotatable bonds is 2. The van der Waals surface area contributed by atoms with Crippen molar-refractivity contribution < 1.29 is 9.59 Å².